The van der Waals surface area contributed by atoms with E-state index in [0.29, 0.717) is 30.1 Å². The minimum Gasteiger partial charge on any atom is -0.334 e. The monoisotopic (exact) mass is 282 g/mol. The summed E-state index contributed by atoms with van der Waals surface area (Å²) in [6.45, 7) is 4.75. The summed E-state index contributed by atoms with van der Waals surface area (Å²) in [4.78, 5) is 16.3. The van der Waals surface area contributed by atoms with E-state index in [9.17, 15) is 4.79 Å². The number of aryl methyl sites for hydroxylation is 1. The van der Waals surface area contributed by atoms with Gasteiger partial charge in [-0.05, 0) is 18.2 Å². The lowest BCUT2D eigenvalue weighted by molar-refractivity contribution is -0.116. The Morgan fingerprint density at radius 2 is 2.29 bits per heavy atom. The van der Waals surface area contributed by atoms with Crippen LogP contribution >= 0.6 is 0 Å². The molecule has 108 valence electrons. The van der Waals surface area contributed by atoms with Gasteiger partial charge in [0.15, 0.2) is 0 Å². The van der Waals surface area contributed by atoms with Crippen molar-refractivity contribution in [1.82, 2.24) is 9.55 Å². The van der Waals surface area contributed by atoms with Gasteiger partial charge in [0, 0.05) is 37.0 Å². The van der Waals surface area contributed by atoms with Gasteiger partial charge in [-0.3, -0.25) is 4.79 Å². The van der Waals surface area contributed by atoms with Crippen LogP contribution in [0, 0.1) is 11.3 Å². The van der Waals surface area contributed by atoms with Crippen molar-refractivity contribution in [2.45, 2.75) is 32.7 Å². The third-order valence-electron chi connectivity index (χ3n) is 3.12. The van der Waals surface area contributed by atoms with Gasteiger partial charge < -0.3 is 9.88 Å². The van der Waals surface area contributed by atoms with E-state index < -0.39 is 0 Å². The van der Waals surface area contributed by atoms with Gasteiger partial charge in [0.1, 0.15) is 5.82 Å². The van der Waals surface area contributed by atoms with Crippen LogP contribution in [0.25, 0.3) is 0 Å². The lowest BCUT2D eigenvalue weighted by Crippen LogP contribution is -2.15. The van der Waals surface area contributed by atoms with Gasteiger partial charge in [0.05, 0.1) is 11.6 Å². The molecule has 0 atom stereocenters. The van der Waals surface area contributed by atoms with Crippen LogP contribution in [0.1, 0.15) is 37.6 Å². The quantitative estimate of drug-likeness (QED) is 0.916. The molecule has 0 saturated heterocycles. The predicted octanol–water partition coefficient (Wildman–Crippen LogP) is 2.91. The maximum atomic E-state index is 12.0. The number of amides is 1. The standard InChI is InChI=1S/C16H18N4O/c1-12(2)16-18-7-9-20(16)8-6-15(21)19-14-5-3-4-13(10-14)11-17/h3-5,7,9-10,12H,6,8H2,1-2H3,(H,19,21). The zero-order valence-corrected chi connectivity index (χ0v) is 12.2. The fourth-order valence-corrected chi connectivity index (χ4v) is 2.12. The molecule has 1 N–H and O–H groups in total. The summed E-state index contributed by atoms with van der Waals surface area (Å²) >= 11 is 0. The molecule has 0 aliphatic carbocycles. The Balaban J connectivity index is 1.93. The average Bonchev–Trinajstić information content (AvgIpc) is 2.94. The molecular formula is C16H18N4O. The second-order valence-electron chi connectivity index (χ2n) is 5.12. The molecule has 0 aliphatic rings. The van der Waals surface area contributed by atoms with Crippen LogP contribution < -0.4 is 5.32 Å². The van der Waals surface area contributed by atoms with Gasteiger partial charge in [-0.15, -0.1) is 0 Å². The molecule has 5 nitrogen and oxygen atoms in total. The van der Waals surface area contributed by atoms with Gasteiger partial charge in [-0.1, -0.05) is 19.9 Å². The summed E-state index contributed by atoms with van der Waals surface area (Å²) in [5, 5.41) is 11.6. The molecule has 0 saturated carbocycles. The largest absolute Gasteiger partial charge is 0.334 e. The normalized spacial score (nSPS) is 10.4. The summed E-state index contributed by atoms with van der Waals surface area (Å²) in [7, 11) is 0. The highest BCUT2D eigenvalue weighted by molar-refractivity contribution is 5.90. The summed E-state index contributed by atoms with van der Waals surface area (Å²) in [6, 6.07) is 8.94. The number of carbonyl (C=O) groups excluding carboxylic acids is 1. The van der Waals surface area contributed by atoms with Gasteiger partial charge in [-0.25, -0.2) is 4.98 Å². The first-order valence-corrected chi connectivity index (χ1v) is 6.91. The van der Waals surface area contributed by atoms with Crippen LogP contribution in [-0.4, -0.2) is 15.5 Å². The van der Waals surface area contributed by atoms with Gasteiger partial charge >= 0.3 is 0 Å². The van der Waals surface area contributed by atoms with Crippen molar-refractivity contribution in [1.29, 1.82) is 5.26 Å². The van der Waals surface area contributed by atoms with E-state index in [1.54, 1.807) is 30.5 Å². The Morgan fingerprint density at radius 3 is 3.00 bits per heavy atom. The molecule has 2 aromatic rings. The molecule has 1 amide bonds. The first-order chi connectivity index (χ1) is 10.1. The molecule has 2 rings (SSSR count). The van der Waals surface area contributed by atoms with Crippen LogP contribution in [0.3, 0.4) is 0 Å². The lowest BCUT2D eigenvalue weighted by atomic mass is 10.2. The number of anilines is 1. The molecule has 0 spiro atoms. The third-order valence-corrected chi connectivity index (χ3v) is 3.12. The number of benzene rings is 1. The van der Waals surface area contributed by atoms with Gasteiger partial charge in [0.2, 0.25) is 5.91 Å². The fraction of sp³-hybridized carbons (Fsp3) is 0.312. The average molecular weight is 282 g/mol. The second-order valence-corrected chi connectivity index (χ2v) is 5.12. The molecule has 1 heterocycles. The third kappa shape index (κ3) is 3.93. The smallest absolute Gasteiger partial charge is 0.226 e. The van der Waals surface area contributed by atoms with Crippen molar-refractivity contribution in [2.75, 3.05) is 5.32 Å². The van der Waals surface area contributed by atoms with E-state index in [2.05, 4.69) is 30.2 Å². The molecule has 0 aliphatic heterocycles. The number of imidazole rings is 1. The van der Waals surface area contributed by atoms with Crippen molar-refractivity contribution in [3.63, 3.8) is 0 Å². The Labute approximate surface area is 124 Å². The summed E-state index contributed by atoms with van der Waals surface area (Å²) in [6.07, 6.45) is 4.01. The molecule has 0 fully saturated rings. The van der Waals surface area contributed by atoms with Crippen molar-refractivity contribution in [3.8, 4) is 6.07 Å². The highest BCUT2D eigenvalue weighted by atomic mass is 16.1. The first kappa shape index (κ1) is 14.8. The summed E-state index contributed by atoms with van der Waals surface area (Å²) in [5.74, 6) is 1.23. The van der Waals surface area contributed by atoms with E-state index in [0.717, 1.165) is 5.82 Å². The zero-order valence-electron chi connectivity index (χ0n) is 12.2. The van der Waals surface area contributed by atoms with Crippen molar-refractivity contribution in [2.24, 2.45) is 0 Å². The Hall–Kier alpha value is -2.61. The van der Waals surface area contributed by atoms with Gasteiger partial charge in [0.25, 0.3) is 0 Å². The van der Waals surface area contributed by atoms with Crippen molar-refractivity contribution < 1.29 is 4.79 Å². The van der Waals surface area contributed by atoms with Crippen LogP contribution in [0.15, 0.2) is 36.7 Å². The maximum absolute atomic E-state index is 12.0. The number of hydrogen-bond donors (Lipinski definition) is 1. The summed E-state index contributed by atoms with van der Waals surface area (Å²) < 4.78 is 2.00. The molecule has 0 unspecified atom stereocenters. The molecule has 21 heavy (non-hydrogen) atoms. The first-order valence-electron chi connectivity index (χ1n) is 6.91. The molecule has 1 aromatic heterocycles. The van der Waals surface area contributed by atoms with E-state index in [-0.39, 0.29) is 5.91 Å². The molecule has 0 radical (unpaired) electrons. The van der Waals surface area contributed by atoms with E-state index in [4.69, 9.17) is 5.26 Å². The highest BCUT2D eigenvalue weighted by Gasteiger charge is 2.09. The van der Waals surface area contributed by atoms with Crippen LogP contribution in [0.5, 0.6) is 0 Å². The summed E-state index contributed by atoms with van der Waals surface area (Å²) in [5.41, 5.74) is 1.18. The van der Waals surface area contributed by atoms with Crippen molar-refractivity contribution in [3.05, 3.63) is 48.0 Å². The molecule has 0 bridgehead atoms. The number of nitriles is 1. The molecule has 5 heteroatoms. The topological polar surface area (TPSA) is 70.7 Å². The van der Waals surface area contributed by atoms with Crippen LogP contribution in [0.4, 0.5) is 5.69 Å². The van der Waals surface area contributed by atoms with Crippen LogP contribution in [0.2, 0.25) is 0 Å². The van der Waals surface area contributed by atoms with E-state index in [1.807, 2.05) is 10.8 Å². The fourth-order valence-electron chi connectivity index (χ4n) is 2.12. The Morgan fingerprint density at radius 1 is 1.48 bits per heavy atom. The Kier molecular flexibility index (Phi) is 4.72. The molecular weight excluding hydrogens is 264 g/mol. The van der Waals surface area contributed by atoms with Crippen molar-refractivity contribution >= 4 is 11.6 Å². The van der Waals surface area contributed by atoms with E-state index in [1.165, 1.54) is 0 Å². The SMILES string of the molecule is CC(C)c1nccn1CCC(=O)Nc1cccc(C#N)c1. The minimum atomic E-state index is -0.0755. The number of rotatable bonds is 5. The maximum Gasteiger partial charge on any atom is 0.226 e. The Bertz CT molecular complexity index is 667. The highest BCUT2D eigenvalue weighted by Crippen LogP contribution is 2.13. The number of aromatic nitrogens is 2. The number of nitrogens with one attached hydrogen (secondary N) is 1. The zero-order chi connectivity index (χ0) is 15.2. The number of carbonyl (C=O) groups is 1. The molecule has 1 aromatic carbocycles. The van der Waals surface area contributed by atoms with E-state index >= 15 is 0 Å². The second kappa shape index (κ2) is 6.71. The van der Waals surface area contributed by atoms with Crippen LogP contribution in [-0.2, 0) is 11.3 Å². The lowest BCUT2D eigenvalue weighted by Gasteiger charge is -2.10. The number of nitrogens with zero attached hydrogens (tertiary/aromatic N) is 3. The predicted molar refractivity (Wildman–Crippen MR) is 80.7 cm³/mol. The van der Waals surface area contributed by atoms with Gasteiger partial charge in [-0.2, -0.15) is 5.26 Å². The minimum absolute atomic E-state index is 0.0755. The number of hydrogen-bond acceptors (Lipinski definition) is 3.